The molecule has 0 fully saturated rings. The average molecular weight is 338 g/mol. The second-order valence-electron chi connectivity index (χ2n) is 6.28. The van der Waals surface area contributed by atoms with Gasteiger partial charge in [0.25, 0.3) is 0 Å². The van der Waals surface area contributed by atoms with E-state index in [4.69, 9.17) is 0 Å². The molecular formula is C19H22N4O2. The molecule has 6 heteroatoms. The molecule has 1 aliphatic heterocycles. The Morgan fingerprint density at radius 3 is 2.68 bits per heavy atom. The van der Waals surface area contributed by atoms with Gasteiger partial charge < -0.3 is 16.0 Å². The lowest BCUT2D eigenvalue weighted by Gasteiger charge is -2.21. The van der Waals surface area contributed by atoms with Crippen molar-refractivity contribution in [3.8, 4) is 0 Å². The maximum atomic E-state index is 12.2. The Balaban J connectivity index is 1.61. The van der Waals surface area contributed by atoms with Crippen LogP contribution in [0.1, 0.15) is 49.2 Å². The van der Waals surface area contributed by atoms with E-state index in [1.165, 1.54) is 0 Å². The van der Waals surface area contributed by atoms with Gasteiger partial charge in [-0.1, -0.05) is 18.2 Å². The SMILES string of the molecule is C[C@@H](NC(=O)N[C@H](C)c1ccccn1)c1ccc2c(c1)CCC(=O)N2. The number of amides is 3. The molecule has 0 saturated carbocycles. The standard InChI is InChI=1S/C19H22N4O2/c1-12(14-6-8-17-15(11-14)7-9-18(24)23-17)21-19(25)22-13(2)16-5-3-4-10-20-16/h3-6,8,10-13H,7,9H2,1-2H3,(H,23,24)(H2,21,22,25)/t12-,13-/m1/s1. The van der Waals surface area contributed by atoms with Crippen LogP contribution in [-0.2, 0) is 11.2 Å². The van der Waals surface area contributed by atoms with Crippen LogP contribution < -0.4 is 16.0 Å². The van der Waals surface area contributed by atoms with Gasteiger partial charge in [-0.2, -0.15) is 0 Å². The Labute approximate surface area is 147 Å². The number of anilines is 1. The van der Waals surface area contributed by atoms with Gasteiger partial charge >= 0.3 is 6.03 Å². The van der Waals surface area contributed by atoms with Gasteiger partial charge in [-0.25, -0.2) is 4.79 Å². The van der Waals surface area contributed by atoms with E-state index in [0.717, 1.165) is 28.9 Å². The number of nitrogens with one attached hydrogen (secondary N) is 3. The molecule has 3 N–H and O–H groups in total. The Morgan fingerprint density at radius 2 is 1.92 bits per heavy atom. The van der Waals surface area contributed by atoms with Crippen LogP contribution in [0.4, 0.5) is 10.5 Å². The summed E-state index contributed by atoms with van der Waals surface area (Å²) in [7, 11) is 0. The molecule has 0 spiro atoms. The lowest BCUT2D eigenvalue weighted by molar-refractivity contribution is -0.116. The van der Waals surface area contributed by atoms with Gasteiger partial charge in [0.15, 0.2) is 0 Å². The van der Waals surface area contributed by atoms with E-state index in [2.05, 4.69) is 20.9 Å². The first-order valence-electron chi connectivity index (χ1n) is 8.43. The van der Waals surface area contributed by atoms with Crippen LogP contribution in [0.25, 0.3) is 0 Å². The molecule has 6 nitrogen and oxygen atoms in total. The van der Waals surface area contributed by atoms with E-state index in [-0.39, 0.29) is 24.0 Å². The zero-order chi connectivity index (χ0) is 17.8. The van der Waals surface area contributed by atoms with Gasteiger partial charge in [0, 0.05) is 18.3 Å². The normalized spacial score (nSPS) is 15.5. The maximum Gasteiger partial charge on any atom is 0.315 e. The third-order valence-corrected chi connectivity index (χ3v) is 4.35. The summed E-state index contributed by atoms with van der Waals surface area (Å²) in [4.78, 5) is 27.9. The van der Waals surface area contributed by atoms with Crippen LogP contribution >= 0.6 is 0 Å². The van der Waals surface area contributed by atoms with Gasteiger partial charge in [0.1, 0.15) is 0 Å². The topological polar surface area (TPSA) is 83.1 Å². The van der Waals surface area contributed by atoms with Gasteiger partial charge in [-0.3, -0.25) is 9.78 Å². The summed E-state index contributed by atoms with van der Waals surface area (Å²) < 4.78 is 0. The average Bonchev–Trinajstić information content (AvgIpc) is 2.61. The molecule has 1 aliphatic rings. The van der Waals surface area contributed by atoms with Crippen LogP contribution in [0.15, 0.2) is 42.6 Å². The minimum Gasteiger partial charge on any atom is -0.332 e. The lowest BCUT2D eigenvalue weighted by atomic mass is 9.98. The smallest absolute Gasteiger partial charge is 0.315 e. The molecule has 3 amide bonds. The van der Waals surface area contributed by atoms with E-state index >= 15 is 0 Å². The molecule has 1 aromatic carbocycles. The second-order valence-corrected chi connectivity index (χ2v) is 6.28. The first-order valence-corrected chi connectivity index (χ1v) is 8.43. The van der Waals surface area contributed by atoms with Gasteiger partial charge in [0.2, 0.25) is 5.91 Å². The van der Waals surface area contributed by atoms with Crippen molar-refractivity contribution in [3.63, 3.8) is 0 Å². The molecule has 3 rings (SSSR count). The summed E-state index contributed by atoms with van der Waals surface area (Å²) in [6.45, 7) is 3.84. The van der Waals surface area contributed by atoms with Gasteiger partial charge in [-0.15, -0.1) is 0 Å². The Kier molecular flexibility index (Phi) is 4.97. The third-order valence-electron chi connectivity index (χ3n) is 4.35. The predicted octanol–water partition coefficient (Wildman–Crippen LogP) is 3.09. The number of nitrogens with zero attached hydrogens (tertiary/aromatic N) is 1. The zero-order valence-corrected chi connectivity index (χ0v) is 14.4. The third kappa shape index (κ3) is 4.15. The van der Waals surface area contributed by atoms with E-state index in [1.54, 1.807) is 6.20 Å². The number of pyridine rings is 1. The van der Waals surface area contributed by atoms with E-state index in [1.807, 2.05) is 50.2 Å². The highest BCUT2D eigenvalue weighted by atomic mass is 16.2. The summed E-state index contributed by atoms with van der Waals surface area (Å²) in [6.07, 6.45) is 2.94. The van der Waals surface area contributed by atoms with Crippen LogP contribution in [0, 0.1) is 0 Å². The van der Waals surface area contributed by atoms with Crippen LogP contribution in [0.5, 0.6) is 0 Å². The summed E-state index contributed by atoms with van der Waals surface area (Å²) >= 11 is 0. The quantitative estimate of drug-likeness (QED) is 0.801. The number of hydrogen-bond donors (Lipinski definition) is 3. The Morgan fingerprint density at radius 1 is 1.12 bits per heavy atom. The van der Waals surface area contributed by atoms with Crippen molar-refractivity contribution >= 4 is 17.6 Å². The Bertz CT molecular complexity index is 776. The first kappa shape index (κ1) is 17.0. The highest BCUT2D eigenvalue weighted by molar-refractivity contribution is 5.93. The number of aryl methyl sites for hydroxylation is 1. The summed E-state index contributed by atoms with van der Waals surface area (Å²) in [5.74, 6) is 0.0503. The number of benzene rings is 1. The van der Waals surface area contributed by atoms with Crippen molar-refractivity contribution in [3.05, 3.63) is 59.4 Å². The second kappa shape index (κ2) is 7.34. The Hall–Kier alpha value is -2.89. The number of aromatic nitrogens is 1. The van der Waals surface area contributed by atoms with Crippen molar-refractivity contribution in [1.82, 2.24) is 15.6 Å². The molecule has 130 valence electrons. The van der Waals surface area contributed by atoms with Crippen molar-refractivity contribution in [2.75, 3.05) is 5.32 Å². The molecule has 2 atom stereocenters. The van der Waals surface area contributed by atoms with Crippen molar-refractivity contribution in [1.29, 1.82) is 0 Å². The molecule has 0 bridgehead atoms. The molecule has 0 aliphatic carbocycles. The van der Waals surface area contributed by atoms with E-state index in [9.17, 15) is 9.59 Å². The molecular weight excluding hydrogens is 316 g/mol. The lowest BCUT2D eigenvalue weighted by Crippen LogP contribution is -2.38. The summed E-state index contributed by atoms with van der Waals surface area (Å²) in [5, 5.41) is 8.71. The minimum absolute atomic E-state index is 0.0503. The number of rotatable bonds is 4. The number of urea groups is 1. The fraction of sp³-hybridized carbons (Fsp3) is 0.316. The molecule has 2 aromatic rings. The predicted molar refractivity (Wildman–Crippen MR) is 96.1 cm³/mol. The van der Waals surface area contributed by atoms with Gasteiger partial charge in [-0.05, 0) is 49.6 Å². The monoisotopic (exact) mass is 338 g/mol. The number of carbonyl (C=O) groups excluding carboxylic acids is 2. The summed E-state index contributed by atoms with van der Waals surface area (Å²) in [5.41, 5.74) is 3.79. The zero-order valence-electron chi connectivity index (χ0n) is 14.4. The van der Waals surface area contributed by atoms with Crippen LogP contribution in [0.3, 0.4) is 0 Å². The van der Waals surface area contributed by atoms with Crippen LogP contribution in [0.2, 0.25) is 0 Å². The highest BCUT2D eigenvalue weighted by Gasteiger charge is 2.18. The number of carbonyl (C=O) groups is 2. The minimum atomic E-state index is -0.239. The van der Waals surface area contributed by atoms with Crippen molar-refractivity contribution < 1.29 is 9.59 Å². The van der Waals surface area contributed by atoms with Gasteiger partial charge in [0.05, 0.1) is 17.8 Å². The van der Waals surface area contributed by atoms with Crippen molar-refractivity contribution in [2.45, 2.75) is 38.8 Å². The van der Waals surface area contributed by atoms with Crippen LogP contribution in [-0.4, -0.2) is 16.9 Å². The largest absolute Gasteiger partial charge is 0.332 e. The van der Waals surface area contributed by atoms with E-state index in [0.29, 0.717) is 6.42 Å². The fourth-order valence-corrected chi connectivity index (χ4v) is 2.90. The van der Waals surface area contributed by atoms with E-state index < -0.39 is 0 Å². The molecule has 0 saturated heterocycles. The first-order chi connectivity index (χ1) is 12.0. The maximum absolute atomic E-state index is 12.2. The summed E-state index contributed by atoms with van der Waals surface area (Å²) in [6, 6.07) is 10.9. The molecule has 2 heterocycles. The number of fused-ring (bicyclic) bond motifs is 1. The molecule has 1 aromatic heterocycles. The molecule has 0 unspecified atom stereocenters. The van der Waals surface area contributed by atoms with Crippen molar-refractivity contribution in [2.24, 2.45) is 0 Å². The molecule has 25 heavy (non-hydrogen) atoms. The fourth-order valence-electron chi connectivity index (χ4n) is 2.90. The number of hydrogen-bond acceptors (Lipinski definition) is 3. The highest BCUT2D eigenvalue weighted by Crippen LogP contribution is 2.26. The molecule has 0 radical (unpaired) electrons.